The highest BCUT2D eigenvalue weighted by Crippen LogP contribution is 2.43. The van der Waals surface area contributed by atoms with Crippen LogP contribution in [0.5, 0.6) is 0 Å². The zero-order valence-corrected chi connectivity index (χ0v) is 30.5. The number of rotatable bonds is 29. The minimum absolute atomic E-state index is 0.626. The molecule has 2 unspecified atom stereocenters. The Kier molecular flexibility index (Phi) is 31.2. The van der Waals surface area contributed by atoms with Crippen LogP contribution in [0, 0.1) is 0 Å². The van der Waals surface area contributed by atoms with Crippen molar-refractivity contribution in [1.29, 1.82) is 0 Å². The molecule has 0 saturated heterocycles. The fraction of sp³-hybridized carbons (Fsp3) is 1.00. The van der Waals surface area contributed by atoms with Gasteiger partial charge in [0.15, 0.2) is 0 Å². The number of hydrogen-bond donors (Lipinski definition) is 0. The van der Waals surface area contributed by atoms with Crippen molar-refractivity contribution in [3.63, 3.8) is 0 Å². The summed E-state index contributed by atoms with van der Waals surface area (Å²) in [5, 5.41) is 0. The van der Waals surface area contributed by atoms with Crippen molar-refractivity contribution in [3.05, 3.63) is 0 Å². The molecule has 8 heteroatoms. The van der Waals surface area contributed by atoms with Crippen LogP contribution in [0.25, 0.3) is 0 Å². The molecule has 0 aromatic heterocycles. The summed E-state index contributed by atoms with van der Waals surface area (Å²) in [6.45, 7) is 15.8. The van der Waals surface area contributed by atoms with Crippen LogP contribution in [0.4, 0.5) is 0 Å². The molecule has 0 radical (unpaired) electrons. The largest absolute Gasteiger partial charge is 0.382 e. The van der Waals surface area contributed by atoms with Crippen molar-refractivity contribution in [2.45, 2.75) is 154 Å². The van der Waals surface area contributed by atoms with Gasteiger partial charge in [0.2, 0.25) is 0 Å². The standard InChI is InChI=1S/C28H62O2S4Si2/c1-7-19-29-27(35(23-9-3)24-10-4)17-13-15-21-31-33-34-32-22-16-14-18-28(30-20-8-2)36(25-11-5)26-12-6/h27-28,35-36H,7-26H2,1-6H3. The van der Waals surface area contributed by atoms with Crippen LogP contribution in [0.15, 0.2) is 0 Å². The van der Waals surface area contributed by atoms with E-state index < -0.39 is 17.6 Å². The van der Waals surface area contributed by atoms with Gasteiger partial charge in [-0.25, -0.2) is 0 Å². The minimum atomic E-state index is -0.738. The summed E-state index contributed by atoms with van der Waals surface area (Å²) in [6.07, 6.45) is 15.7. The van der Waals surface area contributed by atoms with Gasteiger partial charge >= 0.3 is 0 Å². The van der Waals surface area contributed by atoms with E-state index in [0.29, 0.717) is 11.5 Å². The van der Waals surface area contributed by atoms with E-state index in [1.54, 1.807) is 0 Å². The normalized spacial score (nSPS) is 13.7. The van der Waals surface area contributed by atoms with Crippen LogP contribution in [0.2, 0.25) is 24.2 Å². The van der Waals surface area contributed by atoms with E-state index in [2.05, 4.69) is 63.1 Å². The van der Waals surface area contributed by atoms with Gasteiger partial charge in [-0.05, 0) is 58.2 Å². The fourth-order valence-electron chi connectivity index (χ4n) is 5.08. The molecule has 0 saturated carbocycles. The Bertz CT molecular complexity index is 388. The first kappa shape index (κ1) is 37.8. The summed E-state index contributed by atoms with van der Waals surface area (Å²) >= 11 is 0. The molecule has 0 N–H and O–H groups in total. The molecule has 0 aliphatic carbocycles. The maximum absolute atomic E-state index is 6.36. The molecule has 0 aromatic rings. The van der Waals surface area contributed by atoms with Crippen LogP contribution in [0.1, 0.15) is 119 Å². The summed E-state index contributed by atoms with van der Waals surface area (Å²) in [7, 11) is 6.64. The molecule has 0 bridgehead atoms. The second kappa shape index (κ2) is 29.7. The Hall–Kier alpha value is 1.75. The van der Waals surface area contributed by atoms with Crippen molar-refractivity contribution in [2.24, 2.45) is 0 Å². The van der Waals surface area contributed by atoms with E-state index in [-0.39, 0.29) is 0 Å². The molecule has 0 spiro atoms. The molecule has 0 heterocycles. The van der Waals surface area contributed by atoms with Crippen molar-refractivity contribution in [3.8, 4) is 0 Å². The third-order valence-electron chi connectivity index (χ3n) is 6.82. The maximum Gasteiger partial charge on any atom is 0.0716 e. The molecule has 0 aromatic carbocycles. The first-order valence-corrected chi connectivity index (χ1v) is 25.2. The first-order chi connectivity index (χ1) is 17.7. The van der Waals surface area contributed by atoms with Gasteiger partial charge in [-0.15, -0.1) is 0 Å². The highest BCUT2D eigenvalue weighted by molar-refractivity contribution is 9.26. The zero-order valence-electron chi connectivity index (χ0n) is 24.9. The maximum atomic E-state index is 6.36. The van der Waals surface area contributed by atoms with E-state index in [4.69, 9.17) is 9.47 Å². The molecule has 218 valence electrons. The molecule has 36 heavy (non-hydrogen) atoms. The third kappa shape index (κ3) is 21.6. The Labute approximate surface area is 245 Å². The summed E-state index contributed by atoms with van der Waals surface area (Å²) in [5.41, 5.74) is 1.25. The first-order valence-electron chi connectivity index (χ1n) is 15.5. The van der Waals surface area contributed by atoms with Crippen molar-refractivity contribution in [2.75, 3.05) is 24.7 Å². The SMILES string of the molecule is CCCOC(CCCCSSSSCCCCC(OCCC)[SiH](CCC)CCC)[SiH](CCC)CCC. The highest BCUT2D eigenvalue weighted by atomic mass is 33.7. The molecule has 0 fully saturated rings. The minimum Gasteiger partial charge on any atom is -0.382 e. The average molecular weight is 615 g/mol. The van der Waals surface area contributed by atoms with Crippen LogP contribution < -0.4 is 0 Å². The zero-order chi connectivity index (χ0) is 26.7. The summed E-state index contributed by atoms with van der Waals surface area (Å²) in [4.78, 5) is 0. The van der Waals surface area contributed by atoms with Gasteiger partial charge in [0.25, 0.3) is 0 Å². The predicted molar refractivity (Wildman–Crippen MR) is 183 cm³/mol. The lowest BCUT2D eigenvalue weighted by atomic mass is 10.2. The molecule has 0 rings (SSSR count). The van der Waals surface area contributed by atoms with E-state index in [9.17, 15) is 0 Å². The summed E-state index contributed by atoms with van der Waals surface area (Å²) in [6, 6.07) is 5.86. The van der Waals surface area contributed by atoms with Crippen LogP contribution in [0.3, 0.4) is 0 Å². The Balaban J connectivity index is 3.94. The van der Waals surface area contributed by atoms with Gasteiger partial charge in [-0.1, -0.05) is 126 Å². The second-order valence-corrected chi connectivity index (χ2v) is 23.3. The molecule has 0 aliphatic rings. The van der Waals surface area contributed by atoms with Crippen molar-refractivity contribution < 1.29 is 9.47 Å². The van der Waals surface area contributed by atoms with Gasteiger partial charge in [-0.3, -0.25) is 0 Å². The lowest BCUT2D eigenvalue weighted by Crippen LogP contribution is -2.33. The molecule has 0 amide bonds. The van der Waals surface area contributed by atoms with Gasteiger partial charge in [0.05, 0.1) is 17.6 Å². The second-order valence-electron chi connectivity index (χ2n) is 10.3. The van der Waals surface area contributed by atoms with Crippen LogP contribution in [-0.2, 0) is 9.47 Å². The predicted octanol–water partition coefficient (Wildman–Crippen LogP) is 10.8. The van der Waals surface area contributed by atoms with Crippen molar-refractivity contribution in [1.82, 2.24) is 0 Å². The molecule has 2 atom stereocenters. The van der Waals surface area contributed by atoms with Gasteiger partial charge in [0.1, 0.15) is 0 Å². The van der Waals surface area contributed by atoms with E-state index >= 15 is 0 Å². The monoisotopic (exact) mass is 614 g/mol. The smallest absolute Gasteiger partial charge is 0.0716 e. The Morgan fingerprint density at radius 2 is 0.861 bits per heavy atom. The van der Waals surface area contributed by atoms with Gasteiger partial charge in [-0.2, -0.15) is 0 Å². The molecule has 2 nitrogen and oxygen atoms in total. The van der Waals surface area contributed by atoms with E-state index in [1.807, 2.05) is 19.7 Å². The molecular weight excluding hydrogens is 553 g/mol. The molecule has 0 aliphatic heterocycles. The Morgan fingerprint density at radius 1 is 0.500 bits per heavy atom. The fourth-order valence-corrected chi connectivity index (χ4v) is 18.6. The summed E-state index contributed by atoms with van der Waals surface area (Å²) < 4.78 is 12.7. The topological polar surface area (TPSA) is 18.5 Å². The lowest BCUT2D eigenvalue weighted by Gasteiger charge is -2.26. The lowest BCUT2D eigenvalue weighted by molar-refractivity contribution is 0.0944. The third-order valence-corrected chi connectivity index (χ3v) is 21.9. The number of hydrogen-bond acceptors (Lipinski definition) is 6. The van der Waals surface area contributed by atoms with E-state index in [1.165, 1.54) is 99.9 Å². The van der Waals surface area contributed by atoms with Gasteiger partial charge in [0, 0.05) is 36.2 Å². The number of unbranched alkanes of at least 4 members (excludes halogenated alkanes) is 2. The highest BCUT2D eigenvalue weighted by Gasteiger charge is 2.23. The van der Waals surface area contributed by atoms with Crippen LogP contribution in [-0.4, -0.2) is 53.8 Å². The van der Waals surface area contributed by atoms with Crippen molar-refractivity contribution >= 4 is 58.8 Å². The van der Waals surface area contributed by atoms with E-state index in [0.717, 1.165) is 26.1 Å². The van der Waals surface area contributed by atoms with Crippen LogP contribution >= 0.6 is 41.2 Å². The molecular formula is C28H62O2S4Si2. The van der Waals surface area contributed by atoms with Gasteiger partial charge < -0.3 is 9.47 Å². The quantitative estimate of drug-likeness (QED) is 0.0470. The average Bonchev–Trinajstić information content (AvgIpc) is 2.88. The summed E-state index contributed by atoms with van der Waals surface area (Å²) in [5.74, 6) is 2.56. The number of ether oxygens (including phenoxy) is 2. The Morgan fingerprint density at radius 3 is 1.17 bits per heavy atom.